The standard InChI is InChI=1S/C35H42N6O3/c1-25-8-4-9-26-10-5-12-31(33(25)26)41-16-14-28-30(23-41)37-35(44-24-27-11-6-15-38(27)2)29(22-36)34(28)40-19-17-39(18-20-40)32(42)13-7-21-43-3/h4-5,7-10,12-13,27H,6,11,14-21,23-24H2,1-3H3. The Bertz CT molecular complexity index is 1580. The van der Waals surface area contributed by atoms with Gasteiger partial charge in [0.15, 0.2) is 0 Å². The van der Waals surface area contributed by atoms with Gasteiger partial charge in [0.25, 0.3) is 0 Å². The van der Waals surface area contributed by atoms with Gasteiger partial charge in [-0.25, -0.2) is 4.98 Å². The van der Waals surface area contributed by atoms with Crippen molar-refractivity contribution < 1.29 is 14.3 Å². The number of ether oxygens (including phenoxy) is 2. The molecule has 2 aromatic carbocycles. The second kappa shape index (κ2) is 13.2. The molecule has 2 saturated heterocycles. The van der Waals surface area contributed by atoms with Crippen molar-refractivity contribution in [3.05, 3.63) is 70.9 Å². The van der Waals surface area contributed by atoms with Gasteiger partial charge >= 0.3 is 0 Å². The number of hydrogen-bond acceptors (Lipinski definition) is 8. The maximum atomic E-state index is 12.7. The second-order valence-corrected chi connectivity index (χ2v) is 12.1. The van der Waals surface area contributed by atoms with Crippen molar-refractivity contribution in [2.24, 2.45) is 0 Å². The molecule has 6 rings (SSSR count). The van der Waals surface area contributed by atoms with Gasteiger partial charge in [-0.15, -0.1) is 0 Å². The van der Waals surface area contributed by atoms with Gasteiger partial charge in [0.1, 0.15) is 18.2 Å². The smallest absolute Gasteiger partial charge is 0.246 e. The summed E-state index contributed by atoms with van der Waals surface area (Å²) >= 11 is 0. The van der Waals surface area contributed by atoms with Crippen molar-refractivity contribution in [2.75, 3.05) is 76.4 Å². The molecule has 9 nitrogen and oxygen atoms in total. The lowest BCUT2D eigenvalue weighted by Crippen LogP contribution is -2.49. The normalized spacial score (nSPS) is 19.0. The molecule has 1 amide bonds. The fraction of sp³-hybridized carbons (Fsp3) is 0.457. The Morgan fingerprint density at radius 3 is 2.61 bits per heavy atom. The van der Waals surface area contributed by atoms with Crippen LogP contribution < -0.4 is 14.5 Å². The first kappa shape index (κ1) is 29.9. The number of aryl methyl sites for hydroxylation is 1. The molecule has 1 atom stereocenters. The molecule has 3 aliphatic rings. The Hall–Kier alpha value is -4.13. The third kappa shape index (κ3) is 5.97. The number of nitriles is 1. The topological polar surface area (TPSA) is 85.2 Å². The highest BCUT2D eigenvalue weighted by Crippen LogP contribution is 2.39. The summed E-state index contributed by atoms with van der Waals surface area (Å²) in [6, 6.07) is 15.7. The maximum absolute atomic E-state index is 12.7. The van der Waals surface area contributed by atoms with Crippen molar-refractivity contribution in [1.82, 2.24) is 14.8 Å². The molecule has 0 aliphatic carbocycles. The number of nitrogens with zero attached hydrogens (tertiary/aromatic N) is 6. The highest BCUT2D eigenvalue weighted by atomic mass is 16.5. The van der Waals surface area contributed by atoms with E-state index in [1.165, 1.54) is 22.0 Å². The molecule has 0 bridgehead atoms. The number of likely N-dealkylation sites (tertiary alicyclic amines) is 1. The Kier molecular flexibility index (Phi) is 9.01. The van der Waals surface area contributed by atoms with E-state index in [9.17, 15) is 10.1 Å². The summed E-state index contributed by atoms with van der Waals surface area (Å²) in [5, 5.41) is 13.0. The minimum absolute atomic E-state index is 0.00954. The largest absolute Gasteiger partial charge is 0.475 e. The summed E-state index contributed by atoms with van der Waals surface area (Å²) < 4.78 is 11.5. The Morgan fingerprint density at radius 2 is 1.89 bits per heavy atom. The molecule has 9 heteroatoms. The van der Waals surface area contributed by atoms with Crippen LogP contribution in [0.25, 0.3) is 10.8 Å². The zero-order valence-electron chi connectivity index (χ0n) is 26.1. The van der Waals surface area contributed by atoms with E-state index in [0.29, 0.717) is 63.4 Å². The number of amides is 1. The van der Waals surface area contributed by atoms with E-state index in [2.05, 4.69) is 71.1 Å². The third-order valence-corrected chi connectivity index (χ3v) is 9.35. The summed E-state index contributed by atoms with van der Waals surface area (Å²) in [6.07, 6.45) is 6.35. The van der Waals surface area contributed by atoms with Crippen LogP contribution in [-0.2, 0) is 22.5 Å². The average Bonchev–Trinajstić information content (AvgIpc) is 3.47. The first-order valence-corrected chi connectivity index (χ1v) is 15.7. The monoisotopic (exact) mass is 594 g/mol. The van der Waals surface area contributed by atoms with E-state index >= 15 is 0 Å². The van der Waals surface area contributed by atoms with Gasteiger partial charge < -0.3 is 29.1 Å². The Labute approximate surface area is 260 Å². The van der Waals surface area contributed by atoms with Crippen LogP contribution in [0.3, 0.4) is 0 Å². The molecular formula is C35H42N6O3. The van der Waals surface area contributed by atoms with E-state index in [4.69, 9.17) is 14.5 Å². The molecule has 230 valence electrons. The van der Waals surface area contributed by atoms with E-state index in [1.807, 2.05) is 4.90 Å². The summed E-state index contributed by atoms with van der Waals surface area (Å²) in [5.74, 6) is 0.420. The fourth-order valence-corrected chi connectivity index (χ4v) is 6.93. The minimum Gasteiger partial charge on any atom is -0.475 e. The van der Waals surface area contributed by atoms with Gasteiger partial charge in [0.05, 0.1) is 24.5 Å². The lowest BCUT2D eigenvalue weighted by atomic mass is 9.96. The number of carbonyl (C=O) groups excluding carboxylic acids is 1. The zero-order valence-corrected chi connectivity index (χ0v) is 26.1. The molecule has 1 aromatic heterocycles. The molecular weight excluding hydrogens is 552 g/mol. The molecule has 1 unspecified atom stereocenters. The number of methoxy groups -OCH3 is 1. The molecule has 0 radical (unpaired) electrons. The number of aromatic nitrogens is 1. The predicted molar refractivity (Wildman–Crippen MR) is 173 cm³/mol. The number of hydrogen-bond donors (Lipinski definition) is 0. The SMILES string of the molecule is COCC=CC(=O)N1CCN(c2c(C#N)c(OCC3CCCN3C)nc3c2CCN(c2cccc4cccc(C)c24)C3)CC1. The van der Waals surface area contributed by atoms with Gasteiger partial charge in [-0.1, -0.05) is 36.4 Å². The summed E-state index contributed by atoms with van der Waals surface area (Å²) in [7, 11) is 3.75. The van der Waals surface area contributed by atoms with Crippen LogP contribution in [0.5, 0.6) is 5.88 Å². The number of rotatable bonds is 8. The summed E-state index contributed by atoms with van der Waals surface area (Å²) in [6.45, 7) is 8.09. The van der Waals surface area contributed by atoms with E-state index in [0.717, 1.165) is 49.3 Å². The van der Waals surface area contributed by atoms with Crippen LogP contribution in [0.2, 0.25) is 0 Å². The molecule has 3 aromatic rings. The van der Waals surface area contributed by atoms with Crippen LogP contribution in [0.1, 0.15) is 35.2 Å². The molecule has 0 N–H and O–H groups in total. The second-order valence-electron chi connectivity index (χ2n) is 12.1. The lowest BCUT2D eigenvalue weighted by molar-refractivity contribution is -0.126. The first-order chi connectivity index (χ1) is 21.5. The van der Waals surface area contributed by atoms with Gasteiger partial charge in [-0.2, -0.15) is 5.26 Å². The van der Waals surface area contributed by atoms with Crippen LogP contribution in [0.4, 0.5) is 11.4 Å². The number of pyridine rings is 1. The number of fused-ring (bicyclic) bond motifs is 2. The minimum atomic E-state index is -0.00954. The van der Waals surface area contributed by atoms with Crippen LogP contribution in [0, 0.1) is 18.3 Å². The van der Waals surface area contributed by atoms with Gasteiger partial charge in [-0.3, -0.25) is 4.79 Å². The number of benzene rings is 2. The third-order valence-electron chi connectivity index (χ3n) is 9.35. The van der Waals surface area contributed by atoms with Gasteiger partial charge in [-0.05, 0) is 56.8 Å². The quantitative estimate of drug-likeness (QED) is 0.357. The highest BCUT2D eigenvalue weighted by molar-refractivity contribution is 5.97. The summed E-state index contributed by atoms with van der Waals surface area (Å²) in [5.41, 5.74) is 6.00. The highest BCUT2D eigenvalue weighted by Gasteiger charge is 2.32. The fourth-order valence-electron chi connectivity index (χ4n) is 6.93. The van der Waals surface area contributed by atoms with Crippen molar-refractivity contribution in [3.8, 4) is 11.9 Å². The predicted octanol–water partition coefficient (Wildman–Crippen LogP) is 4.30. The van der Waals surface area contributed by atoms with E-state index < -0.39 is 0 Å². The average molecular weight is 595 g/mol. The number of anilines is 2. The van der Waals surface area contributed by atoms with Gasteiger partial charge in [0.2, 0.25) is 11.8 Å². The molecule has 4 heterocycles. The maximum Gasteiger partial charge on any atom is 0.246 e. The molecule has 44 heavy (non-hydrogen) atoms. The molecule has 3 aliphatic heterocycles. The molecule has 0 saturated carbocycles. The molecule has 2 fully saturated rings. The Morgan fingerprint density at radius 1 is 1.09 bits per heavy atom. The van der Waals surface area contributed by atoms with E-state index in [-0.39, 0.29) is 5.91 Å². The van der Waals surface area contributed by atoms with Crippen LogP contribution in [0.15, 0.2) is 48.6 Å². The van der Waals surface area contributed by atoms with Crippen LogP contribution >= 0.6 is 0 Å². The van der Waals surface area contributed by atoms with Crippen LogP contribution in [-0.4, -0.2) is 93.4 Å². The lowest BCUT2D eigenvalue weighted by Gasteiger charge is -2.39. The zero-order chi connectivity index (χ0) is 30.6. The Balaban J connectivity index is 1.33. The van der Waals surface area contributed by atoms with Crippen molar-refractivity contribution in [3.63, 3.8) is 0 Å². The van der Waals surface area contributed by atoms with Crippen molar-refractivity contribution in [2.45, 2.75) is 38.8 Å². The van der Waals surface area contributed by atoms with Crippen molar-refractivity contribution in [1.29, 1.82) is 5.26 Å². The molecule has 0 spiro atoms. The van der Waals surface area contributed by atoms with E-state index in [1.54, 1.807) is 19.3 Å². The number of piperazine rings is 1. The van der Waals surface area contributed by atoms with Gasteiger partial charge in [0, 0.05) is 68.6 Å². The first-order valence-electron chi connectivity index (χ1n) is 15.7. The number of carbonyl (C=O) groups is 1. The number of likely N-dealkylation sites (N-methyl/N-ethyl adjacent to an activating group) is 1. The van der Waals surface area contributed by atoms with Crippen molar-refractivity contribution >= 4 is 28.1 Å². The summed E-state index contributed by atoms with van der Waals surface area (Å²) in [4.78, 5) is 26.7.